The maximum Gasteiger partial charge on any atom is 0.410 e. The molecule has 0 spiro atoms. The minimum atomic E-state index is -1.39. The predicted octanol–water partition coefficient (Wildman–Crippen LogP) is 2.11. The molecule has 2 aliphatic rings. The largest absolute Gasteiger partial charge is 0.494 e. The first-order valence-corrected chi connectivity index (χ1v) is 12.3. The van der Waals surface area contributed by atoms with E-state index in [4.69, 9.17) is 9.47 Å². The Morgan fingerprint density at radius 1 is 1.19 bits per heavy atom. The summed E-state index contributed by atoms with van der Waals surface area (Å²) in [5.41, 5.74) is 0.407. The van der Waals surface area contributed by atoms with E-state index in [1.54, 1.807) is 44.9 Å². The number of anilines is 1. The van der Waals surface area contributed by atoms with Gasteiger partial charge in [-0.2, -0.15) is 0 Å². The lowest BCUT2D eigenvalue weighted by Crippen LogP contribution is -2.54. The normalized spacial score (nSPS) is 22.7. The number of benzene rings is 1. The molecular weight excluding hydrogens is 485 g/mol. The third-order valence-corrected chi connectivity index (χ3v) is 6.92. The van der Waals surface area contributed by atoms with Crippen molar-refractivity contribution in [1.82, 2.24) is 19.4 Å². The average Bonchev–Trinajstić information content (AvgIpc) is 3.07. The van der Waals surface area contributed by atoms with Crippen molar-refractivity contribution in [3.8, 4) is 5.75 Å². The zero-order chi connectivity index (χ0) is 27.2. The number of imide groups is 1. The van der Waals surface area contributed by atoms with Crippen LogP contribution in [0, 0.1) is 0 Å². The number of nitrogens with zero attached hydrogens (tertiary/aromatic N) is 4. The van der Waals surface area contributed by atoms with Gasteiger partial charge in [0.05, 0.1) is 30.7 Å². The fraction of sp³-hybridized carbons (Fsp3) is 0.600. The fourth-order valence-electron chi connectivity index (χ4n) is 5.14. The van der Waals surface area contributed by atoms with Crippen molar-refractivity contribution in [3.63, 3.8) is 0 Å². The molecule has 2 aromatic rings. The van der Waals surface area contributed by atoms with Crippen LogP contribution in [0.25, 0.3) is 11.0 Å². The standard InChI is InChI=1S/C25H34FN5O6/c1-25(2,3)37-24(35)28(4)15-11-12-30(13-14(15)26)21-18(36-6)9-7-16-20(21)29(5)23(34)31(16)17-8-10-19(32)27-22(17)33/h7,9,14-15,17H,8,10-13H2,1-6H3,(H,27,32,33). The Morgan fingerprint density at radius 3 is 2.49 bits per heavy atom. The Kier molecular flexibility index (Phi) is 6.95. The van der Waals surface area contributed by atoms with Crippen molar-refractivity contribution in [2.75, 3.05) is 32.1 Å². The zero-order valence-corrected chi connectivity index (χ0v) is 22.0. The third kappa shape index (κ3) is 4.88. The number of carbonyl (C=O) groups excluding carboxylic acids is 3. The average molecular weight is 520 g/mol. The zero-order valence-electron chi connectivity index (χ0n) is 22.0. The second-order valence-corrected chi connectivity index (χ2v) is 10.6. The number of piperidine rings is 2. The lowest BCUT2D eigenvalue weighted by Gasteiger charge is -2.40. The third-order valence-electron chi connectivity index (χ3n) is 6.92. The minimum absolute atomic E-state index is 0.0366. The number of hydrogen-bond acceptors (Lipinski definition) is 7. The topological polar surface area (TPSA) is 115 Å². The van der Waals surface area contributed by atoms with E-state index in [1.807, 2.05) is 0 Å². The van der Waals surface area contributed by atoms with Gasteiger partial charge in [-0.25, -0.2) is 14.0 Å². The fourth-order valence-corrected chi connectivity index (χ4v) is 5.14. The predicted molar refractivity (Wildman–Crippen MR) is 135 cm³/mol. The number of alkyl halides is 1. The molecule has 0 radical (unpaired) electrons. The lowest BCUT2D eigenvalue weighted by atomic mass is 10.0. The Balaban J connectivity index is 1.69. The van der Waals surface area contributed by atoms with E-state index < -0.39 is 41.5 Å². The van der Waals surface area contributed by atoms with Crippen molar-refractivity contribution in [3.05, 3.63) is 22.6 Å². The van der Waals surface area contributed by atoms with Gasteiger partial charge in [0.1, 0.15) is 29.3 Å². The first-order chi connectivity index (χ1) is 17.3. The number of methoxy groups -OCH3 is 1. The molecule has 0 aliphatic carbocycles. The molecule has 3 amide bonds. The molecule has 37 heavy (non-hydrogen) atoms. The summed E-state index contributed by atoms with van der Waals surface area (Å²) in [5, 5.41) is 2.30. The van der Waals surface area contributed by atoms with E-state index >= 15 is 4.39 Å². The molecule has 1 aromatic heterocycles. The number of carbonyl (C=O) groups is 3. The van der Waals surface area contributed by atoms with Crippen LogP contribution in [-0.4, -0.2) is 77.0 Å². The second kappa shape index (κ2) is 9.71. The van der Waals surface area contributed by atoms with E-state index in [1.165, 1.54) is 28.2 Å². The van der Waals surface area contributed by atoms with Crippen molar-refractivity contribution >= 4 is 34.6 Å². The van der Waals surface area contributed by atoms with E-state index in [0.29, 0.717) is 35.4 Å². The first kappa shape index (κ1) is 26.5. The molecule has 11 nitrogen and oxygen atoms in total. The maximum atomic E-state index is 15.5. The van der Waals surface area contributed by atoms with Gasteiger partial charge in [0.25, 0.3) is 0 Å². The monoisotopic (exact) mass is 519 g/mol. The van der Waals surface area contributed by atoms with Gasteiger partial charge in [-0.3, -0.25) is 24.0 Å². The maximum absolute atomic E-state index is 15.5. The summed E-state index contributed by atoms with van der Waals surface area (Å²) >= 11 is 0. The number of aryl methyl sites for hydroxylation is 1. The van der Waals surface area contributed by atoms with Gasteiger partial charge < -0.3 is 19.3 Å². The van der Waals surface area contributed by atoms with E-state index in [9.17, 15) is 19.2 Å². The molecule has 0 bridgehead atoms. The van der Waals surface area contributed by atoms with Crippen molar-refractivity contribution in [1.29, 1.82) is 0 Å². The van der Waals surface area contributed by atoms with Crippen molar-refractivity contribution < 1.29 is 28.2 Å². The molecule has 202 valence electrons. The number of ether oxygens (including phenoxy) is 2. The molecule has 3 heterocycles. The molecule has 2 fully saturated rings. The number of aromatic nitrogens is 2. The van der Waals surface area contributed by atoms with Crippen LogP contribution in [0.2, 0.25) is 0 Å². The first-order valence-electron chi connectivity index (χ1n) is 12.3. The van der Waals surface area contributed by atoms with Gasteiger partial charge in [-0.1, -0.05) is 0 Å². The number of imidazole rings is 1. The molecule has 2 aliphatic heterocycles. The summed E-state index contributed by atoms with van der Waals surface area (Å²) in [6.07, 6.45) is -1.31. The van der Waals surface area contributed by atoms with Crippen LogP contribution in [0.15, 0.2) is 16.9 Å². The Morgan fingerprint density at radius 2 is 1.89 bits per heavy atom. The summed E-state index contributed by atoms with van der Waals surface area (Å²) in [6, 6.07) is 1.87. The molecular formula is C25H34FN5O6. The van der Waals surface area contributed by atoms with Gasteiger partial charge in [0.15, 0.2) is 0 Å². The number of amides is 3. The number of nitrogens with one attached hydrogen (secondary N) is 1. The summed E-state index contributed by atoms with van der Waals surface area (Å²) < 4.78 is 29.3. The number of hydrogen-bond donors (Lipinski definition) is 1. The molecule has 0 saturated carbocycles. The van der Waals surface area contributed by atoms with Gasteiger partial charge in [-0.05, 0) is 45.7 Å². The molecule has 4 rings (SSSR count). The summed E-state index contributed by atoms with van der Waals surface area (Å²) in [5.74, 6) is -0.446. The quantitative estimate of drug-likeness (QED) is 0.616. The molecule has 12 heteroatoms. The smallest absolute Gasteiger partial charge is 0.410 e. The SMILES string of the molecule is COc1ccc2c(c1N1CCC(N(C)C(=O)OC(C)(C)C)C(F)C1)n(C)c(=O)n2C1CCC(=O)NC1=O. The highest BCUT2D eigenvalue weighted by Gasteiger charge is 2.38. The molecule has 1 N–H and O–H groups in total. The Hall–Kier alpha value is -3.57. The molecule has 2 saturated heterocycles. The second-order valence-electron chi connectivity index (χ2n) is 10.6. The Labute approximate surface area is 214 Å². The van der Waals surface area contributed by atoms with E-state index in [0.717, 1.165) is 0 Å². The van der Waals surface area contributed by atoms with Crippen LogP contribution < -0.4 is 20.6 Å². The Bertz CT molecular complexity index is 1300. The number of fused-ring (bicyclic) bond motifs is 1. The van der Waals surface area contributed by atoms with Crippen LogP contribution in [-0.2, 0) is 21.4 Å². The molecule has 1 aromatic carbocycles. The van der Waals surface area contributed by atoms with Gasteiger partial charge >= 0.3 is 11.8 Å². The minimum Gasteiger partial charge on any atom is -0.494 e. The van der Waals surface area contributed by atoms with Crippen LogP contribution in [0.4, 0.5) is 14.9 Å². The lowest BCUT2D eigenvalue weighted by molar-refractivity contribution is -0.135. The van der Waals surface area contributed by atoms with Crippen LogP contribution >= 0.6 is 0 Å². The number of rotatable bonds is 4. The van der Waals surface area contributed by atoms with Gasteiger partial charge in [-0.15, -0.1) is 0 Å². The summed E-state index contributed by atoms with van der Waals surface area (Å²) in [6.45, 7) is 5.63. The highest BCUT2D eigenvalue weighted by atomic mass is 19.1. The molecule has 3 atom stereocenters. The molecule has 3 unspecified atom stereocenters. The van der Waals surface area contributed by atoms with Crippen LogP contribution in [0.5, 0.6) is 5.75 Å². The van der Waals surface area contributed by atoms with Crippen LogP contribution in [0.3, 0.4) is 0 Å². The summed E-state index contributed by atoms with van der Waals surface area (Å²) in [4.78, 5) is 53.2. The highest BCUT2D eigenvalue weighted by molar-refractivity contribution is 6.01. The van der Waals surface area contributed by atoms with Crippen molar-refractivity contribution in [2.45, 2.75) is 63.9 Å². The van der Waals surface area contributed by atoms with Gasteiger partial charge in [0, 0.05) is 27.1 Å². The summed E-state index contributed by atoms with van der Waals surface area (Å²) in [7, 11) is 4.62. The highest BCUT2D eigenvalue weighted by Crippen LogP contribution is 2.39. The van der Waals surface area contributed by atoms with E-state index in [-0.39, 0.29) is 25.3 Å². The number of halogens is 1. The van der Waals surface area contributed by atoms with Crippen LogP contribution in [0.1, 0.15) is 46.1 Å². The van der Waals surface area contributed by atoms with E-state index in [2.05, 4.69) is 5.32 Å². The van der Waals surface area contributed by atoms with Gasteiger partial charge in [0.2, 0.25) is 11.8 Å². The van der Waals surface area contributed by atoms with Crippen molar-refractivity contribution in [2.24, 2.45) is 7.05 Å².